The van der Waals surface area contributed by atoms with E-state index in [1.165, 1.54) is 5.69 Å². The number of hydrogen-bond donors (Lipinski definition) is 1. The van der Waals surface area contributed by atoms with Gasteiger partial charge in [0.25, 0.3) is 0 Å². The van der Waals surface area contributed by atoms with Crippen molar-refractivity contribution in [1.82, 2.24) is 15.1 Å². The van der Waals surface area contributed by atoms with Gasteiger partial charge in [0.05, 0.1) is 16.4 Å². The van der Waals surface area contributed by atoms with E-state index in [4.69, 9.17) is 11.6 Å². The lowest BCUT2D eigenvalue weighted by Crippen LogP contribution is -2.42. The van der Waals surface area contributed by atoms with Crippen LogP contribution in [0.4, 0.5) is 0 Å². The number of halogens is 1. The Hall–Kier alpha value is -0.540. The molecular formula is C15H28ClN3. The summed E-state index contributed by atoms with van der Waals surface area (Å²) >= 11 is 6.49. The van der Waals surface area contributed by atoms with Crippen molar-refractivity contribution in [3.05, 3.63) is 16.4 Å². The van der Waals surface area contributed by atoms with Gasteiger partial charge < -0.3 is 5.32 Å². The van der Waals surface area contributed by atoms with E-state index in [2.05, 4.69) is 56.6 Å². The number of aromatic nitrogens is 2. The summed E-state index contributed by atoms with van der Waals surface area (Å²) in [6.45, 7) is 15.0. The van der Waals surface area contributed by atoms with Crippen LogP contribution in [0.5, 0.6) is 0 Å². The molecule has 1 aromatic heterocycles. The normalized spacial score (nSPS) is 13.8. The second-order valence-corrected chi connectivity index (χ2v) is 6.44. The molecule has 0 saturated carbocycles. The zero-order valence-corrected chi connectivity index (χ0v) is 13.9. The molecule has 0 spiro atoms. The van der Waals surface area contributed by atoms with Gasteiger partial charge in [0.1, 0.15) is 0 Å². The zero-order valence-electron chi connectivity index (χ0n) is 13.2. The van der Waals surface area contributed by atoms with Crippen LogP contribution in [0.15, 0.2) is 0 Å². The molecule has 1 N–H and O–H groups in total. The number of nitrogens with zero attached hydrogens (tertiary/aromatic N) is 2. The van der Waals surface area contributed by atoms with E-state index in [0.29, 0.717) is 6.04 Å². The van der Waals surface area contributed by atoms with E-state index < -0.39 is 0 Å². The molecule has 19 heavy (non-hydrogen) atoms. The Morgan fingerprint density at radius 2 is 1.89 bits per heavy atom. The number of hydrogen-bond acceptors (Lipinski definition) is 2. The van der Waals surface area contributed by atoms with Crippen molar-refractivity contribution in [2.45, 2.75) is 67.0 Å². The Kier molecular flexibility index (Phi) is 5.87. The van der Waals surface area contributed by atoms with E-state index in [9.17, 15) is 0 Å². The number of nitrogens with one attached hydrogen (secondary N) is 1. The third kappa shape index (κ3) is 3.96. The predicted octanol–water partition coefficient (Wildman–Crippen LogP) is 3.69. The van der Waals surface area contributed by atoms with E-state index in [0.717, 1.165) is 36.6 Å². The molecule has 3 nitrogen and oxygen atoms in total. The summed E-state index contributed by atoms with van der Waals surface area (Å²) in [6.07, 6.45) is 1.82. The highest BCUT2D eigenvalue weighted by Crippen LogP contribution is 2.28. The van der Waals surface area contributed by atoms with Crippen LogP contribution in [0.25, 0.3) is 0 Å². The first-order valence-corrected chi connectivity index (χ1v) is 7.70. The van der Waals surface area contributed by atoms with Crippen LogP contribution in [0.1, 0.15) is 52.9 Å². The van der Waals surface area contributed by atoms with Gasteiger partial charge in [-0.15, -0.1) is 0 Å². The molecule has 0 saturated heterocycles. The minimum absolute atomic E-state index is 0.203. The molecular weight excluding hydrogens is 258 g/mol. The lowest BCUT2D eigenvalue weighted by atomic mass is 9.84. The first-order chi connectivity index (χ1) is 8.85. The third-order valence-corrected chi connectivity index (χ3v) is 4.02. The molecule has 0 aliphatic heterocycles. The topological polar surface area (TPSA) is 29.9 Å². The minimum Gasteiger partial charge on any atom is -0.313 e. The van der Waals surface area contributed by atoms with E-state index in [-0.39, 0.29) is 5.41 Å². The van der Waals surface area contributed by atoms with Gasteiger partial charge in [0, 0.05) is 19.0 Å². The van der Waals surface area contributed by atoms with Crippen molar-refractivity contribution in [3.8, 4) is 0 Å². The highest BCUT2D eigenvalue weighted by molar-refractivity contribution is 6.31. The second kappa shape index (κ2) is 6.76. The smallest absolute Gasteiger partial charge is 0.0850 e. The minimum atomic E-state index is 0.203. The largest absolute Gasteiger partial charge is 0.313 e. The quantitative estimate of drug-likeness (QED) is 0.864. The summed E-state index contributed by atoms with van der Waals surface area (Å²) in [5, 5.41) is 9.03. The predicted molar refractivity (Wildman–Crippen MR) is 82.9 cm³/mol. The highest BCUT2D eigenvalue weighted by Gasteiger charge is 2.27. The summed E-state index contributed by atoms with van der Waals surface area (Å²) in [7, 11) is 0. The van der Waals surface area contributed by atoms with Crippen LogP contribution < -0.4 is 5.32 Å². The third-order valence-electron chi connectivity index (χ3n) is 3.59. The Balaban J connectivity index is 3.05. The summed E-state index contributed by atoms with van der Waals surface area (Å²) < 4.78 is 2.05. The Morgan fingerprint density at radius 1 is 1.26 bits per heavy atom. The van der Waals surface area contributed by atoms with Crippen molar-refractivity contribution in [2.24, 2.45) is 5.41 Å². The first-order valence-electron chi connectivity index (χ1n) is 7.32. The summed E-state index contributed by atoms with van der Waals surface area (Å²) in [5.74, 6) is 0. The summed E-state index contributed by atoms with van der Waals surface area (Å²) in [5.41, 5.74) is 2.39. The van der Waals surface area contributed by atoms with Crippen LogP contribution in [0.3, 0.4) is 0 Å². The molecule has 0 aromatic carbocycles. The monoisotopic (exact) mass is 285 g/mol. The lowest BCUT2D eigenvalue weighted by molar-refractivity contribution is 0.266. The Labute approximate surface area is 122 Å². The average molecular weight is 286 g/mol. The van der Waals surface area contributed by atoms with E-state index >= 15 is 0 Å². The maximum atomic E-state index is 6.49. The molecule has 0 fully saturated rings. The van der Waals surface area contributed by atoms with E-state index in [1.54, 1.807) is 0 Å². The fourth-order valence-corrected chi connectivity index (χ4v) is 2.68. The number of likely N-dealkylation sites (N-methyl/N-ethyl adjacent to an activating group) is 1. The summed E-state index contributed by atoms with van der Waals surface area (Å²) in [4.78, 5) is 0. The molecule has 1 unspecified atom stereocenters. The maximum Gasteiger partial charge on any atom is 0.0850 e. The lowest BCUT2D eigenvalue weighted by Gasteiger charge is -2.31. The van der Waals surface area contributed by atoms with Gasteiger partial charge in [-0.05, 0) is 25.3 Å². The molecule has 0 amide bonds. The Morgan fingerprint density at radius 3 is 2.32 bits per heavy atom. The summed E-state index contributed by atoms with van der Waals surface area (Å²) in [6, 6.07) is 0.404. The fraction of sp³-hybridized carbons (Fsp3) is 0.800. The zero-order chi connectivity index (χ0) is 14.6. The van der Waals surface area contributed by atoms with Gasteiger partial charge in [-0.25, -0.2) is 0 Å². The molecule has 0 bridgehead atoms. The van der Waals surface area contributed by atoms with Gasteiger partial charge in [-0.2, -0.15) is 5.10 Å². The molecule has 1 heterocycles. The van der Waals surface area contributed by atoms with Crippen LogP contribution in [0, 0.1) is 5.41 Å². The van der Waals surface area contributed by atoms with Crippen molar-refractivity contribution in [2.75, 3.05) is 6.54 Å². The second-order valence-electron chi connectivity index (χ2n) is 6.06. The number of rotatable bonds is 6. The molecule has 0 aliphatic carbocycles. The molecule has 1 rings (SSSR count). The van der Waals surface area contributed by atoms with Gasteiger partial charge in [-0.1, -0.05) is 46.2 Å². The average Bonchev–Trinajstić information content (AvgIpc) is 2.64. The standard InChI is InChI=1S/C15H28ClN3/c1-7-11-14(16)12(19(9-3)18-11)10-13(17-8-2)15(4,5)6/h13,17H,7-10H2,1-6H3. The van der Waals surface area contributed by atoms with Crippen LogP contribution in [-0.2, 0) is 19.4 Å². The van der Waals surface area contributed by atoms with Crippen molar-refractivity contribution in [3.63, 3.8) is 0 Å². The van der Waals surface area contributed by atoms with Crippen molar-refractivity contribution in [1.29, 1.82) is 0 Å². The van der Waals surface area contributed by atoms with Gasteiger partial charge in [-0.3, -0.25) is 4.68 Å². The Bertz CT molecular complexity index is 404. The molecule has 1 atom stereocenters. The molecule has 4 heteroatoms. The molecule has 0 aliphatic rings. The van der Waals surface area contributed by atoms with Gasteiger partial charge in [0.2, 0.25) is 0 Å². The first kappa shape index (κ1) is 16.5. The van der Waals surface area contributed by atoms with Gasteiger partial charge >= 0.3 is 0 Å². The van der Waals surface area contributed by atoms with Crippen molar-refractivity contribution < 1.29 is 0 Å². The fourth-order valence-electron chi connectivity index (χ4n) is 2.34. The number of aryl methyl sites for hydroxylation is 2. The van der Waals surface area contributed by atoms with Crippen molar-refractivity contribution >= 4 is 11.6 Å². The maximum absolute atomic E-state index is 6.49. The highest BCUT2D eigenvalue weighted by atomic mass is 35.5. The van der Waals surface area contributed by atoms with Gasteiger partial charge in [0.15, 0.2) is 0 Å². The van der Waals surface area contributed by atoms with Crippen LogP contribution in [0.2, 0.25) is 5.02 Å². The van der Waals surface area contributed by atoms with E-state index in [1.807, 2.05) is 0 Å². The van der Waals surface area contributed by atoms with Crippen LogP contribution in [-0.4, -0.2) is 22.4 Å². The molecule has 1 aromatic rings. The molecule has 0 radical (unpaired) electrons. The van der Waals surface area contributed by atoms with Crippen LogP contribution >= 0.6 is 11.6 Å². The molecule has 110 valence electrons. The SMILES string of the molecule is CCNC(Cc1c(Cl)c(CC)nn1CC)C(C)(C)C.